The van der Waals surface area contributed by atoms with Crippen molar-refractivity contribution in [1.29, 1.82) is 5.26 Å². The number of nitrogens with two attached hydrogens (primary N) is 1. The van der Waals surface area contributed by atoms with Gasteiger partial charge in [-0.05, 0) is 29.8 Å². The predicted molar refractivity (Wildman–Crippen MR) is 162 cm³/mol. The first-order valence-corrected chi connectivity index (χ1v) is 14.7. The Hall–Kier alpha value is -4.13. The summed E-state index contributed by atoms with van der Waals surface area (Å²) in [5, 5.41) is 17.2. The molecule has 4 rings (SSSR count). The number of nitrogens with zero attached hydrogens (tertiary/aromatic N) is 4. The molecular formula is C29H25ClN6O3S2. The smallest absolute Gasteiger partial charge is 0.307 e. The molecule has 0 spiro atoms. The van der Waals surface area contributed by atoms with E-state index < -0.39 is 0 Å². The number of esters is 1. The highest BCUT2D eigenvalue weighted by atomic mass is 35.5. The standard InChI is InChI=1S/C29H25ClN6O3S2/c1-33-26-25(18-5-9-22(10-6-18)38-13-14-39-24(37)11-12-31)23(15-32)29(36-27(26)34-2)41-17-21-16-40-28(35-21)19-3-7-20(30)8-4-19/h3-10,16H,11-14,17,31H2,2H3,(H,34,36). The molecular weight excluding hydrogens is 580 g/mol. The SMILES string of the molecule is [C-]#[N+]c1c(NC)nc(SCc2csc(-c3ccc(Cl)cc3)n2)c(C#N)c1-c1ccc(OCCOC(=O)CCN)cc1. The number of nitriles is 1. The van der Waals surface area contributed by atoms with Gasteiger partial charge in [0.2, 0.25) is 5.69 Å². The second kappa shape index (κ2) is 14.5. The molecule has 2 heterocycles. The van der Waals surface area contributed by atoms with Gasteiger partial charge in [-0.15, -0.1) is 11.3 Å². The minimum atomic E-state index is -0.370. The summed E-state index contributed by atoms with van der Waals surface area (Å²) in [4.78, 5) is 24.5. The van der Waals surface area contributed by atoms with E-state index in [9.17, 15) is 10.1 Å². The number of benzene rings is 2. The Morgan fingerprint density at radius 2 is 1.90 bits per heavy atom. The molecule has 0 radical (unpaired) electrons. The first-order chi connectivity index (χ1) is 20.0. The largest absolute Gasteiger partial charge is 0.490 e. The van der Waals surface area contributed by atoms with Gasteiger partial charge in [-0.1, -0.05) is 47.6 Å². The fourth-order valence-corrected chi connectivity index (χ4v) is 5.73. The maximum Gasteiger partial charge on any atom is 0.307 e. The van der Waals surface area contributed by atoms with E-state index in [0.717, 1.165) is 16.3 Å². The highest BCUT2D eigenvalue weighted by Gasteiger charge is 2.22. The van der Waals surface area contributed by atoms with Crippen LogP contribution in [0, 0.1) is 17.9 Å². The molecule has 0 aliphatic carbocycles. The number of hydrogen-bond donors (Lipinski definition) is 2. The number of thioether (sulfide) groups is 1. The molecule has 2 aromatic carbocycles. The average Bonchev–Trinajstić information content (AvgIpc) is 3.47. The van der Waals surface area contributed by atoms with Gasteiger partial charge < -0.3 is 20.5 Å². The van der Waals surface area contributed by atoms with Crippen LogP contribution >= 0.6 is 34.7 Å². The fourth-order valence-electron chi connectivity index (χ4n) is 3.79. The molecule has 0 bridgehead atoms. The van der Waals surface area contributed by atoms with Crippen LogP contribution in [-0.4, -0.2) is 42.7 Å². The number of nitrogens with one attached hydrogen (secondary N) is 1. The van der Waals surface area contributed by atoms with E-state index in [-0.39, 0.29) is 37.8 Å². The number of carbonyl (C=O) groups excluding carboxylic acids is 1. The minimum absolute atomic E-state index is 0.109. The Morgan fingerprint density at radius 3 is 2.56 bits per heavy atom. The average molecular weight is 605 g/mol. The maximum absolute atomic E-state index is 11.4. The quantitative estimate of drug-likeness (QED) is 0.0800. The van der Waals surface area contributed by atoms with Crippen LogP contribution in [0.3, 0.4) is 0 Å². The van der Waals surface area contributed by atoms with Crippen molar-refractivity contribution in [3.8, 4) is 33.5 Å². The number of rotatable bonds is 12. The molecule has 0 saturated carbocycles. The zero-order valence-electron chi connectivity index (χ0n) is 22.0. The molecule has 0 aliphatic heterocycles. The summed E-state index contributed by atoms with van der Waals surface area (Å²) in [6, 6.07) is 16.8. The van der Waals surface area contributed by atoms with Crippen molar-refractivity contribution in [3.05, 3.63) is 81.6 Å². The number of pyridine rings is 1. The van der Waals surface area contributed by atoms with Gasteiger partial charge in [-0.3, -0.25) is 4.79 Å². The lowest BCUT2D eigenvalue weighted by molar-refractivity contribution is -0.144. The lowest BCUT2D eigenvalue weighted by Crippen LogP contribution is -2.15. The highest BCUT2D eigenvalue weighted by molar-refractivity contribution is 7.98. The Bertz CT molecular complexity index is 1600. The van der Waals surface area contributed by atoms with Crippen LogP contribution in [0.25, 0.3) is 26.5 Å². The van der Waals surface area contributed by atoms with Crippen LogP contribution in [-0.2, 0) is 15.3 Å². The van der Waals surface area contributed by atoms with E-state index in [1.807, 2.05) is 29.6 Å². The van der Waals surface area contributed by atoms with E-state index in [1.54, 1.807) is 31.3 Å². The summed E-state index contributed by atoms with van der Waals surface area (Å²) >= 11 is 8.92. The van der Waals surface area contributed by atoms with Gasteiger partial charge in [-0.25, -0.2) is 14.8 Å². The van der Waals surface area contributed by atoms with E-state index in [0.29, 0.717) is 44.1 Å². The Labute approximate surface area is 251 Å². The summed E-state index contributed by atoms with van der Waals surface area (Å²) in [7, 11) is 1.69. The van der Waals surface area contributed by atoms with Crippen molar-refractivity contribution in [1.82, 2.24) is 9.97 Å². The second-order valence-corrected chi connectivity index (χ2v) is 10.7. The zero-order chi connectivity index (χ0) is 29.2. The zero-order valence-corrected chi connectivity index (χ0v) is 24.4. The molecule has 2 aromatic heterocycles. The maximum atomic E-state index is 11.4. The molecule has 208 valence electrons. The summed E-state index contributed by atoms with van der Waals surface area (Å²) in [6.07, 6.45) is 0.161. The molecule has 0 fully saturated rings. The van der Waals surface area contributed by atoms with Gasteiger partial charge in [-0.2, -0.15) is 5.26 Å². The Morgan fingerprint density at radius 1 is 1.17 bits per heavy atom. The molecule has 0 amide bonds. The first kappa shape index (κ1) is 29.8. The number of hydrogen-bond acceptors (Lipinski definition) is 10. The van der Waals surface area contributed by atoms with E-state index >= 15 is 0 Å². The number of anilines is 1. The van der Waals surface area contributed by atoms with Crippen LogP contribution in [0.15, 0.2) is 58.9 Å². The minimum Gasteiger partial charge on any atom is -0.490 e. The number of ether oxygens (including phenoxy) is 2. The van der Waals surface area contributed by atoms with Gasteiger partial charge in [0.1, 0.15) is 40.9 Å². The normalized spacial score (nSPS) is 10.5. The van der Waals surface area contributed by atoms with Crippen molar-refractivity contribution in [2.24, 2.45) is 5.73 Å². The molecule has 12 heteroatoms. The van der Waals surface area contributed by atoms with Crippen LogP contribution < -0.4 is 15.8 Å². The van der Waals surface area contributed by atoms with Gasteiger partial charge in [0, 0.05) is 40.9 Å². The third kappa shape index (κ3) is 7.54. The van der Waals surface area contributed by atoms with E-state index in [4.69, 9.17) is 38.4 Å². The molecule has 0 aliphatic rings. The number of aromatic nitrogens is 2. The third-order valence-electron chi connectivity index (χ3n) is 5.70. The summed E-state index contributed by atoms with van der Waals surface area (Å²) < 4.78 is 10.7. The van der Waals surface area contributed by atoms with Crippen LogP contribution in [0.1, 0.15) is 17.7 Å². The van der Waals surface area contributed by atoms with Crippen LogP contribution in [0.5, 0.6) is 5.75 Å². The lowest BCUT2D eigenvalue weighted by Gasteiger charge is -2.15. The molecule has 0 atom stereocenters. The molecule has 4 aromatic rings. The highest BCUT2D eigenvalue weighted by Crippen LogP contribution is 2.43. The Kier molecular flexibility index (Phi) is 10.5. The van der Waals surface area contributed by atoms with Crippen molar-refractivity contribution in [2.75, 3.05) is 32.1 Å². The van der Waals surface area contributed by atoms with E-state index in [1.165, 1.54) is 23.1 Å². The summed E-state index contributed by atoms with van der Waals surface area (Å²) in [5.74, 6) is 1.07. The second-order valence-electron chi connectivity index (χ2n) is 8.41. The molecule has 41 heavy (non-hydrogen) atoms. The van der Waals surface area contributed by atoms with Crippen molar-refractivity contribution in [2.45, 2.75) is 17.2 Å². The molecule has 0 saturated heterocycles. The van der Waals surface area contributed by atoms with Gasteiger partial charge in [0.25, 0.3) is 0 Å². The van der Waals surface area contributed by atoms with Crippen molar-refractivity contribution >= 4 is 52.2 Å². The third-order valence-corrected chi connectivity index (χ3v) is 7.91. The Balaban J connectivity index is 1.54. The molecule has 3 N–H and O–H groups in total. The van der Waals surface area contributed by atoms with Gasteiger partial charge in [0.05, 0.1) is 24.3 Å². The lowest BCUT2D eigenvalue weighted by atomic mass is 10.00. The van der Waals surface area contributed by atoms with Crippen LogP contribution in [0.4, 0.5) is 11.5 Å². The molecule has 0 unspecified atom stereocenters. The van der Waals surface area contributed by atoms with Crippen molar-refractivity contribution < 1.29 is 14.3 Å². The number of carbonyl (C=O) groups is 1. The monoisotopic (exact) mass is 604 g/mol. The van der Waals surface area contributed by atoms with Gasteiger partial charge >= 0.3 is 5.97 Å². The van der Waals surface area contributed by atoms with Crippen molar-refractivity contribution in [3.63, 3.8) is 0 Å². The fraction of sp³-hybridized carbons (Fsp3) is 0.207. The van der Waals surface area contributed by atoms with Crippen LogP contribution in [0.2, 0.25) is 5.02 Å². The summed E-state index contributed by atoms with van der Waals surface area (Å²) in [6.45, 7) is 8.34. The molecule has 9 nitrogen and oxygen atoms in total. The van der Waals surface area contributed by atoms with E-state index in [2.05, 4.69) is 21.2 Å². The predicted octanol–water partition coefficient (Wildman–Crippen LogP) is 6.55. The van der Waals surface area contributed by atoms with Gasteiger partial charge in [0.15, 0.2) is 0 Å². The first-order valence-electron chi connectivity index (χ1n) is 12.4. The topological polar surface area (TPSA) is 128 Å². The number of thiazole rings is 1. The number of halogens is 1. The summed E-state index contributed by atoms with van der Waals surface area (Å²) in [5.41, 5.74) is 8.91.